The normalized spacial score (nSPS) is 10.1. The Balaban J connectivity index is -0.000000457. The molecule has 0 aliphatic rings. The van der Waals surface area contributed by atoms with Crippen LogP contribution in [0.15, 0.2) is 88.6 Å². The molecule has 0 radical (unpaired) electrons. The maximum absolute atomic E-state index is 11.6. The summed E-state index contributed by atoms with van der Waals surface area (Å²) in [6.45, 7) is 27.0. The average molecular weight is 561 g/mol. The molecule has 0 atom stereocenters. The van der Waals surface area contributed by atoms with Gasteiger partial charge in [0.1, 0.15) is 0 Å². The van der Waals surface area contributed by atoms with Crippen LogP contribution < -0.4 is 0 Å². The van der Waals surface area contributed by atoms with Gasteiger partial charge in [-0.05, 0) is 59.4 Å². The van der Waals surface area contributed by atoms with Gasteiger partial charge in [0.2, 0.25) is 0 Å². The molecular weight excluding hydrogens is 500 g/mol. The first-order valence-corrected chi connectivity index (χ1v) is 16.4. The van der Waals surface area contributed by atoms with Crippen molar-refractivity contribution in [3.05, 3.63) is 90.4 Å². The lowest BCUT2D eigenvalue weighted by atomic mass is 9.89. The molecule has 1 aromatic heterocycles. The predicted molar refractivity (Wildman–Crippen MR) is 174 cm³/mol. The Hall–Kier alpha value is -2.33. The van der Waals surface area contributed by atoms with E-state index in [2.05, 4.69) is 65.0 Å². The van der Waals surface area contributed by atoms with E-state index in [-0.39, 0.29) is 11.7 Å². The molecule has 3 rings (SSSR count). The molecule has 0 unspecified atom stereocenters. The molecule has 3 nitrogen and oxygen atoms in total. The minimum absolute atomic E-state index is 0.171. The van der Waals surface area contributed by atoms with E-state index >= 15 is 0 Å². The number of rotatable bonds is 6. The summed E-state index contributed by atoms with van der Waals surface area (Å²) in [5, 5.41) is 0. The van der Waals surface area contributed by atoms with Crippen LogP contribution in [-0.2, 0) is 22.7 Å². The second-order valence-corrected chi connectivity index (χ2v) is 12.5. The zero-order chi connectivity index (χ0) is 30.9. The molecule has 2 aromatic carbocycles. The monoisotopic (exact) mass is 560 g/mol. The fourth-order valence-electron chi connectivity index (χ4n) is 3.25. The third-order valence-electron chi connectivity index (χ3n) is 4.46. The van der Waals surface area contributed by atoms with E-state index in [0.29, 0.717) is 10.3 Å². The molecule has 1 heterocycles. The van der Waals surface area contributed by atoms with Gasteiger partial charge in [-0.2, -0.15) is 0 Å². The van der Waals surface area contributed by atoms with Crippen LogP contribution in [0.2, 0.25) is 0 Å². The summed E-state index contributed by atoms with van der Waals surface area (Å²) in [5.74, 6) is 1.16. The van der Waals surface area contributed by atoms with Gasteiger partial charge in [0.15, 0.2) is 9.84 Å². The van der Waals surface area contributed by atoms with E-state index in [1.54, 1.807) is 30.5 Å². The molecule has 0 bridgehead atoms. The van der Waals surface area contributed by atoms with Gasteiger partial charge in [0.05, 0.1) is 23.2 Å². The molecule has 0 aliphatic heterocycles. The average Bonchev–Trinajstić information content (AvgIpc) is 3.40. The third kappa shape index (κ3) is 24.4. The summed E-state index contributed by atoms with van der Waals surface area (Å²) < 4.78 is 28.2. The zero-order valence-electron chi connectivity index (χ0n) is 27.4. The first-order chi connectivity index (χ1) is 18.4. The van der Waals surface area contributed by atoms with Gasteiger partial charge in [0, 0.05) is 0 Å². The zero-order valence-corrected chi connectivity index (χ0v) is 28.2. The molecule has 224 valence electrons. The Morgan fingerprint density at radius 3 is 1.49 bits per heavy atom. The SMILES string of the molecule is CC.CC.CC.CC(C)(C)Cc1ccoc1.CC(C)CS(=O)(=O)c1ccccc1.CC(C)Cc1ccccc1. The fourth-order valence-corrected chi connectivity index (χ4v) is 4.90. The van der Waals surface area contributed by atoms with E-state index in [1.165, 1.54) is 17.5 Å². The number of benzene rings is 2. The lowest BCUT2D eigenvalue weighted by Crippen LogP contribution is -2.11. The topological polar surface area (TPSA) is 47.3 Å². The summed E-state index contributed by atoms with van der Waals surface area (Å²) in [4.78, 5) is 0.420. The Kier molecular flexibility index (Phi) is 26.1. The van der Waals surface area contributed by atoms with Crippen LogP contribution in [0.25, 0.3) is 0 Å². The van der Waals surface area contributed by atoms with E-state index in [1.807, 2.05) is 73.8 Å². The third-order valence-corrected chi connectivity index (χ3v) is 6.55. The molecule has 0 saturated carbocycles. The van der Waals surface area contributed by atoms with Crippen LogP contribution in [0, 0.1) is 17.3 Å². The molecule has 0 N–H and O–H groups in total. The molecule has 0 saturated heterocycles. The van der Waals surface area contributed by atoms with E-state index in [0.717, 1.165) is 12.3 Å². The number of hydrogen-bond acceptors (Lipinski definition) is 3. The van der Waals surface area contributed by atoms with Crippen molar-refractivity contribution in [1.29, 1.82) is 0 Å². The van der Waals surface area contributed by atoms with Crippen LogP contribution in [0.3, 0.4) is 0 Å². The molecule has 0 spiro atoms. The van der Waals surface area contributed by atoms with Crippen LogP contribution in [0.1, 0.15) is 101 Å². The predicted octanol–water partition coefficient (Wildman–Crippen LogP) is 10.9. The maximum atomic E-state index is 11.6. The smallest absolute Gasteiger partial charge is 0.178 e. The molecule has 4 heteroatoms. The highest BCUT2D eigenvalue weighted by atomic mass is 32.2. The lowest BCUT2D eigenvalue weighted by molar-refractivity contribution is 0.408. The molecule has 0 aliphatic carbocycles. The minimum atomic E-state index is -3.06. The highest BCUT2D eigenvalue weighted by Crippen LogP contribution is 2.20. The second-order valence-electron chi connectivity index (χ2n) is 10.4. The lowest BCUT2D eigenvalue weighted by Gasteiger charge is -2.15. The van der Waals surface area contributed by atoms with Gasteiger partial charge in [-0.1, -0.05) is 139 Å². The Morgan fingerprint density at radius 1 is 0.667 bits per heavy atom. The standard InChI is InChI=1S/C10H14O2S.C10H14.C9H14O.3C2H6/c1-9(2)8-13(11,12)10-6-4-3-5-7-10;1-9(2)8-10-6-4-3-5-7-10;1-9(2,3)6-8-4-5-10-7-8;3*1-2/h3-7,9H,8H2,1-2H3;3-7,9H,8H2,1-2H3;4-5,7H,6H2,1-3H3;3*1-2H3. The van der Waals surface area contributed by atoms with Crippen LogP contribution >= 0.6 is 0 Å². The van der Waals surface area contributed by atoms with E-state index in [9.17, 15) is 8.42 Å². The maximum Gasteiger partial charge on any atom is 0.178 e. The summed E-state index contributed by atoms with van der Waals surface area (Å²) >= 11 is 0. The van der Waals surface area contributed by atoms with E-state index in [4.69, 9.17) is 4.42 Å². The van der Waals surface area contributed by atoms with Crippen molar-refractivity contribution in [3.8, 4) is 0 Å². The van der Waals surface area contributed by atoms with Crippen molar-refractivity contribution in [2.45, 2.75) is 108 Å². The van der Waals surface area contributed by atoms with Crippen molar-refractivity contribution >= 4 is 9.84 Å². The number of hydrogen-bond donors (Lipinski definition) is 0. The molecule has 39 heavy (non-hydrogen) atoms. The Labute approximate surface area is 243 Å². The number of furan rings is 1. The second kappa shape index (κ2) is 24.7. The summed E-state index contributed by atoms with van der Waals surface area (Å²) in [7, 11) is -3.06. The van der Waals surface area contributed by atoms with Gasteiger partial charge in [-0.3, -0.25) is 0 Å². The molecule has 3 aromatic rings. The van der Waals surface area contributed by atoms with Gasteiger partial charge >= 0.3 is 0 Å². The van der Waals surface area contributed by atoms with Crippen molar-refractivity contribution in [3.63, 3.8) is 0 Å². The first kappa shape index (κ1) is 41.2. The summed E-state index contributed by atoms with van der Waals surface area (Å²) in [6.07, 6.45) is 5.82. The van der Waals surface area contributed by atoms with Gasteiger partial charge in [0.25, 0.3) is 0 Å². The fraction of sp³-hybridized carbons (Fsp3) is 0.543. The van der Waals surface area contributed by atoms with Crippen molar-refractivity contribution in [2.75, 3.05) is 5.75 Å². The highest BCUT2D eigenvalue weighted by Gasteiger charge is 2.15. The van der Waals surface area contributed by atoms with Crippen LogP contribution in [-0.4, -0.2) is 14.2 Å². The number of sulfone groups is 1. The van der Waals surface area contributed by atoms with Crippen LogP contribution in [0.5, 0.6) is 0 Å². The molecular formula is C35H60O3S. The Bertz CT molecular complexity index is 967. The minimum Gasteiger partial charge on any atom is -0.472 e. The van der Waals surface area contributed by atoms with Gasteiger partial charge in [-0.15, -0.1) is 0 Å². The summed E-state index contributed by atoms with van der Waals surface area (Å²) in [6, 6.07) is 21.2. The summed E-state index contributed by atoms with van der Waals surface area (Å²) in [5.41, 5.74) is 3.09. The van der Waals surface area contributed by atoms with Gasteiger partial charge in [-0.25, -0.2) is 8.42 Å². The molecule has 0 amide bonds. The van der Waals surface area contributed by atoms with Crippen LogP contribution in [0.4, 0.5) is 0 Å². The van der Waals surface area contributed by atoms with E-state index < -0.39 is 9.84 Å². The highest BCUT2D eigenvalue weighted by molar-refractivity contribution is 7.91. The van der Waals surface area contributed by atoms with Crippen molar-refractivity contribution < 1.29 is 12.8 Å². The largest absolute Gasteiger partial charge is 0.472 e. The Morgan fingerprint density at radius 2 is 1.13 bits per heavy atom. The quantitative estimate of drug-likeness (QED) is 0.301. The van der Waals surface area contributed by atoms with Crippen molar-refractivity contribution in [2.24, 2.45) is 17.3 Å². The van der Waals surface area contributed by atoms with Crippen molar-refractivity contribution in [1.82, 2.24) is 0 Å². The van der Waals surface area contributed by atoms with Gasteiger partial charge < -0.3 is 4.42 Å². The first-order valence-electron chi connectivity index (χ1n) is 14.7. The molecule has 0 fully saturated rings.